The molecule has 0 spiro atoms. The van der Waals surface area contributed by atoms with Gasteiger partial charge in [0.1, 0.15) is 0 Å². The lowest BCUT2D eigenvalue weighted by Gasteiger charge is -2.33. The maximum Gasteiger partial charge on any atom is 0.0887 e. The molecule has 0 aromatic rings. The summed E-state index contributed by atoms with van der Waals surface area (Å²) in [5, 5.41) is 3.34. The maximum atomic E-state index is 5.65. The molecule has 10 heavy (non-hydrogen) atoms. The SMILES string of the molecule is CC1=C[C@@H]2CNC[C@H](C1)O2. The third-order valence-corrected chi connectivity index (χ3v) is 2.10. The van der Waals surface area contributed by atoms with E-state index in [0.717, 1.165) is 19.5 Å². The molecule has 0 aromatic heterocycles. The lowest BCUT2D eigenvalue weighted by molar-refractivity contribution is -0.0212. The van der Waals surface area contributed by atoms with Crippen LogP contribution in [0.5, 0.6) is 0 Å². The van der Waals surface area contributed by atoms with E-state index in [-0.39, 0.29) is 0 Å². The summed E-state index contributed by atoms with van der Waals surface area (Å²) in [5.41, 5.74) is 1.49. The summed E-state index contributed by atoms with van der Waals surface area (Å²) in [6.45, 7) is 4.21. The Bertz CT molecular complexity index is 165. The maximum absolute atomic E-state index is 5.65. The Morgan fingerprint density at radius 2 is 2.50 bits per heavy atom. The van der Waals surface area contributed by atoms with Crippen molar-refractivity contribution >= 4 is 0 Å². The Morgan fingerprint density at radius 3 is 3.30 bits per heavy atom. The zero-order valence-corrected chi connectivity index (χ0v) is 6.26. The molecule has 2 aliphatic rings. The molecule has 2 heteroatoms. The highest BCUT2D eigenvalue weighted by molar-refractivity contribution is 5.09. The number of hydrogen-bond acceptors (Lipinski definition) is 2. The van der Waals surface area contributed by atoms with Crippen molar-refractivity contribution in [1.82, 2.24) is 5.32 Å². The van der Waals surface area contributed by atoms with Gasteiger partial charge in [-0.1, -0.05) is 11.6 Å². The van der Waals surface area contributed by atoms with Crippen molar-refractivity contribution in [3.8, 4) is 0 Å². The lowest BCUT2D eigenvalue weighted by Crippen LogP contribution is -2.46. The molecule has 2 bridgehead atoms. The number of ether oxygens (including phenoxy) is 1. The molecule has 0 aromatic carbocycles. The Labute approximate surface area is 61.3 Å². The predicted molar refractivity (Wildman–Crippen MR) is 39.9 cm³/mol. The summed E-state index contributed by atoms with van der Waals surface area (Å²) >= 11 is 0. The number of nitrogens with one attached hydrogen (secondary N) is 1. The van der Waals surface area contributed by atoms with E-state index in [9.17, 15) is 0 Å². The fourth-order valence-electron chi connectivity index (χ4n) is 1.69. The quantitative estimate of drug-likeness (QED) is 0.499. The van der Waals surface area contributed by atoms with Gasteiger partial charge >= 0.3 is 0 Å². The molecule has 1 N–H and O–H groups in total. The van der Waals surface area contributed by atoms with Gasteiger partial charge in [0.2, 0.25) is 0 Å². The minimum absolute atomic E-state index is 0.354. The van der Waals surface area contributed by atoms with E-state index in [1.54, 1.807) is 0 Å². The zero-order chi connectivity index (χ0) is 6.97. The Balaban J connectivity index is 2.14. The molecule has 0 aliphatic carbocycles. The van der Waals surface area contributed by atoms with Crippen LogP contribution in [-0.4, -0.2) is 25.3 Å². The number of morpholine rings is 1. The monoisotopic (exact) mass is 139 g/mol. The van der Waals surface area contributed by atoms with Gasteiger partial charge in [0, 0.05) is 13.1 Å². The molecule has 0 unspecified atom stereocenters. The van der Waals surface area contributed by atoms with Gasteiger partial charge in [0.05, 0.1) is 12.2 Å². The molecule has 0 saturated carbocycles. The smallest absolute Gasteiger partial charge is 0.0887 e. The van der Waals surface area contributed by atoms with Gasteiger partial charge in [0.15, 0.2) is 0 Å². The van der Waals surface area contributed by atoms with E-state index in [1.165, 1.54) is 5.57 Å². The van der Waals surface area contributed by atoms with E-state index in [2.05, 4.69) is 18.3 Å². The first kappa shape index (κ1) is 6.38. The molecule has 1 saturated heterocycles. The summed E-state index contributed by atoms with van der Waals surface area (Å²) in [6.07, 6.45) is 4.14. The largest absolute Gasteiger partial charge is 0.368 e. The van der Waals surface area contributed by atoms with Crippen molar-refractivity contribution in [2.24, 2.45) is 0 Å². The van der Waals surface area contributed by atoms with Crippen LogP contribution in [0.3, 0.4) is 0 Å². The molecule has 56 valence electrons. The summed E-state index contributed by atoms with van der Waals surface area (Å²) in [4.78, 5) is 0. The fourth-order valence-corrected chi connectivity index (χ4v) is 1.69. The second-order valence-electron chi connectivity index (χ2n) is 3.17. The standard InChI is InChI=1S/C8H13NO/c1-6-2-7-4-9-5-8(3-6)10-7/h2,7-9H,3-5H2,1H3/t7-,8+/m1/s1. The number of fused-ring (bicyclic) bond motifs is 2. The van der Waals surface area contributed by atoms with Crippen LogP contribution in [0.15, 0.2) is 11.6 Å². The van der Waals surface area contributed by atoms with Crippen LogP contribution in [0, 0.1) is 0 Å². The minimum atomic E-state index is 0.354. The van der Waals surface area contributed by atoms with Crippen molar-refractivity contribution in [2.45, 2.75) is 25.6 Å². The number of rotatable bonds is 0. The third-order valence-electron chi connectivity index (χ3n) is 2.10. The first-order chi connectivity index (χ1) is 4.84. The molecular formula is C8H13NO. The highest BCUT2D eigenvalue weighted by atomic mass is 16.5. The van der Waals surface area contributed by atoms with Crippen molar-refractivity contribution in [2.75, 3.05) is 13.1 Å². The topological polar surface area (TPSA) is 21.3 Å². The van der Waals surface area contributed by atoms with Crippen molar-refractivity contribution in [1.29, 1.82) is 0 Å². The van der Waals surface area contributed by atoms with Crippen molar-refractivity contribution in [3.63, 3.8) is 0 Å². The third kappa shape index (κ3) is 1.09. The Hall–Kier alpha value is -0.340. The van der Waals surface area contributed by atoms with Crippen LogP contribution in [-0.2, 0) is 4.74 Å². The minimum Gasteiger partial charge on any atom is -0.368 e. The van der Waals surface area contributed by atoms with Crippen LogP contribution in [0.4, 0.5) is 0 Å². The van der Waals surface area contributed by atoms with Gasteiger partial charge in [0.25, 0.3) is 0 Å². The molecule has 2 rings (SSSR count). The van der Waals surface area contributed by atoms with E-state index in [1.807, 2.05) is 0 Å². The lowest BCUT2D eigenvalue weighted by atomic mass is 10.0. The Kier molecular flexibility index (Phi) is 1.51. The Morgan fingerprint density at radius 1 is 1.60 bits per heavy atom. The van der Waals surface area contributed by atoms with Crippen LogP contribution < -0.4 is 5.32 Å². The zero-order valence-electron chi connectivity index (χ0n) is 6.26. The van der Waals surface area contributed by atoms with Gasteiger partial charge in [-0.15, -0.1) is 0 Å². The fraction of sp³-hybridized carbons (Fsp3) is 0.750. The van der Waals surface area contributed by atoms with Gasteiger partial charge in [-0.25, -0.2) is 0 Å². The highest BCUT2D eigenvalue weighted by Gasteiger charge is 2.24. The van der Waals surface area contributed by atoms with Crippen LogP contribution in [0.25, 0.3) is 0 Å². The molecule has 2 atom stereocenters. The van der Waals surface area contributed by atoms with Gasteiger partial charge < -0.3 is 10.1 Å². The predicted octanol–water partition coefficient (Wildman–Crippen LogP) is 0.693. The first-order valence-electron chi connectivity index (χ1n) is 3.88. The van der Waals surface area contributed by atoms with E-state index in [0.29, 0.717) is 12.2 Å². The number of hydrogen-bond donors (Lipinski definition) is 1. The van der Waals surface area contributed by atoms with Crippen LogP contribution >= 0.6 is 0 Å². The van der Waals surface area contributed by atoms with Gasteiger partial charge in [-0.05, 0) is 13.3 Å². The van der Waals surface area contributed by atoms with E-state index in [4.69, 9.17) is 4.74 Å². The van der Waals surface area contributed by atoms with E-state index < -0.39 is 0 Å². The summed E-state index contributed by atoms with van der Waals surface area (Å²) in [6, 6.07) is 0. The second kappa shape index (κ2) is 2.36. The van der Waals surface area contributed by atoms with Crippen molar-refractivity contribution < 1.29 is 4.74 Å². The molecule has 1 fully saturated rings. The summed E-state index contributed by atoms with van der Waals surface area (Å²) in [5.74, 6) is 0. The van der Waals surface area contributed by atoms with Crippen LogP contribution in [0.2, 0.25) is 0 Å². The molecule has 0 amide bonds. The molecule has 0 radical (unpaired) electrons. The molecule has 2 nitrogen and oxygen atoms in total. The van der Waals surface area contributed by atoms with Gasteiger partial charge in [-0.3, -0.25) is 0 Å². The normalized spacial score (nSPS) is 39.1. The second-order valence-corrected chi connectivity index (χ2v) is 3.17. The molecule has 2 heterocycles. The van der Waals surface area contributed by atoms with E-state index >= 15 is 0 Å². The summed E-state index contributed by atoms with van der Waals surface area (Å²) in [7, 11) is 0. The van der Waals surface area contributed by atoms with Crippen LogP contribution in [0.1, 0.15) is 13.3 Å². The first-order valence-corrected chi connectivity index (χ1v) is 3.88. The van der Waals surface area contributed by atoms with Crippen molar-refractivity contribution in [3.05, 3.63) is 11.6 Å². The summed E-state index contributed by atoms with van der Waals surface area (Å²) < 4.78 is 5.65. The average Bonchev–Trinajstić information content (AvgIpc) is 1.85. The van der Waals surface area contributed by atoms with Gasteiger partial charge in [-0.2, -0.15) is 0 Å². The average molecular weight is 139 g/mol. The highest BCUT2D eigenvalue weighted by Crippen LogP contribution is 2.20. The molecule has 2 aliphatic heterocycles. The molecular weight excluding hydrogens is 126 g/mol.